The zero-order valence-corrected chi connectivity index (χ0v) is 30.4. The van der Waals surface area contributed by atoms with Crippen molar-refractivity contribution in [2.24, 2.45) is 0 Å². The molecule has 1 atom stereocenters. The number of aryl methyl sites for hydroxylation is 1. The number of imidazole rings is 1. The Labute approximate surface area is 301 Å². The molecule has 3 N–H and O–H groups in total. The van der Waals surface area contributed by atoms with E-state index in [1.807, 2.05) is 49.3 Å². The van der Waals surface area contributed by atoms with Gasteiger partial charge in [0.1, 0.15) is 17.6 Å². The summed E-state index contributed by atoms with van der Waals surface area (Å²) < 4.78 is 45.0. The second-order valence-electron chi connectivity index (χ2n) is 16.1. The number of aliphatic hydroxyl groups excluding tert-OH is 1. The molecular formula is C39H47F3N8O2. The third-order valence-electron chi connectivity index (χ3n) is 11.8. The average Bonchev–Trinajstić information content (AvgIpc) is 3.69. The van der Waals surface area contributed by atoms with Gasteiger partial charge in [-0.05, 0) is 116 Å². The number of carbonyl (C=O) groups excluding carboxylic acids is 1. The van der Waals surface area contributed by atoms with Gasteiger partial charge in [-0.25, -0.2) is 23.1 Å². The number of likely N-dealkylation sites (tertiary alicyclic amines) is 1. The molecule has 13 heteroatoms. The number of nitrogens with one attached hydrogen (secondary N) is 2. The number of hydrogen-bond acceptors (Lipinski definition) is 8. The van der Waals surface area contributed by atoms with Gasteiger partial charge in [-0.1, -0.05) is 6.42 Å². The summed E-state index contributed by atoms with van der Waals surface area (Å²) in [6.07, 6.45) is 5.53. The molecule has 0 bridgehead atoms. The van der Waals surface area contributed by atoms with Crippen molar-refractivity contribution in [1.82, 2.24) is 29.7 Å². The van der Waals surface area contributed by atoms with E-state index in [0.29, 0.717) is 39.7 Å². The van der Waals surface area contributed by atoms with Crippen LogP contribution in [0.15, 0.2) is 36.8 Å². The van der Waals surface area contributed by atoms with Crippen molar-refractivity contribution in [1.29, 1.82) is 0 Å². The van der Waals surface area contributed by atoms with Crippen LogP contribution in [-0.2, 0) is 10.2 Å². The van der Waals surface area contributed by atoms with Crippen molar-refractivity contribution >= 4 is 34.1 Å². The van der Waals surface area contributed by atoms with E-state index in [0.717, 1.165) is 37.3 Å². The van der Waals surface area contributed by atoms with Gasteiger partial charge >= 0.3 is 0 Å². The van der Waals surface area contributed by atoms with E-state index < -0.39 is 29.4 Å². The van der Waals surface area contributed by atoms with Crippen LogP contribution in [0.5, 0.6) is 0 Å². The van der Waals surface area contributed by atoms with Crippen molar-refractivity contribution in [3.63, 3.8) is 0 Å². The van der Waals surface area contributed by atoms with E-state index in [9.17, 15) is 18.7 Å². The van der Waals surface area contributed by atoms with Crippen LogP contribution < -0.4 is 15.5 Å². The van der Waals surface area contributed by atoms with E-state index in [4.69, 9.17) is 9.97 Å². The quantitative estimate of drug-likeness (QED) is 0.147. The first-order valence-electron chi connectivity index (χ1n) is 18.5. The maximum atomic E-state index is 15.6. The minimum absolute atomic E-state index is 0.00595. The number of hydrogen-bond donors (Lipinski definition) is 3. The predicted octanol–water partition coefficient (Wildman–Crippen LogP) is 7.28. The molecule has 0 spiro atoms. The molecule has 1 saturated heterocycles. The van der Waals surface area contributed by atoms with Crippen LogP contribution in [0.3, 0.4) is 0 Å². The fourth-order valence-electron chi connectivity index (χ4n) is 8.29. The number of nitrogens with zero attached hydrogens (tertiary/aromatic N) is 6. The topological polar surface area (TPSA) is 111 Å². The molecular weight excluding hydrogens is 669 g/mol. The summed E-state index contributed by atoms with van der Waals surface area (Å²) in [5.41, 5.74) is 2.59. The van der Waals surface area contributed by atoms with Crippen LogP contribution in [0.4, 0.5) is 30.4 Å². The normalized spacial score (nSPS) is 23.0. The predicted molar refractivity (Wildman–Crippen MR) is 194 cm³/mol. The van der Waals surface area contributed by atoms with Gasteiger partial charge in [0.15, 0.2) is 5.82 Å². The average molecular weight is 717 g/mol. The maximum absolute atomic E-state index is 15.6. The highest BCUT2D eigenvalue weighted by atomic mass is 19.3. The number of aromatic nitrogens is 4. The number of rotatable bonds is 10. The fraction of sp³-hybridized carbons (Fsp3) is 0.538. The number of anilines is 3. The number of piperidine rings is 1. The Morgan fingerprint density at radius 2 is 1.73 bits per heavy atom. The summed E-state index contributed by atoms with van der Waals surface area (Å²) in [7, 11) is 0. The van der Waals surface area contributed by atoms with Crippen LogP contribution in [0, 0.1) is 12.7 Å². The molecule has 1 amide bonds. The lowest BCUT2D eigenvalue weighted by Gasteiger charge is -2.47. The first kappa shape index (κ1) is 35.0. The number of fused-ring (bicyclic) bond motifs is 2. The molecule has 4 aromatic rings. The lowest BCUT2D eigenvalue weighted by molar-refractivity contribution is -0.123. The molecule has 3 aromatic heterocycles. The summed E-state index contributed by atoms with van der Waals surface area (Å²) in [5.74, 6) is -0.198. The summed E-state index contributed by atoms with van der Waals surface area (Å²) in [6.45, 7) is 11.8. The van der Waals surface area contributed by atoms with Gasteiger partial charge in [-0.2, -0.15) is 0 Å². The second-order valence-corrected chi connectivity index (χ2v) is 16.1. The zero-order valence-electron chi connectivity index (χ0n) is 30.4. The minimum Gasteiger partial charge on any atom is -0.374 e. The number of carbonyl (C=O) groups is 1. The number of amides is 1. The largest absolute Gasteiger partial charge is 0.374 e. The van der Waals surface area contributed by atoms with E-state index in [2.05, 4.69) is 20.5 Å². The number of benzene rings is 1. The Kier molecular flexibility index (Phi) is 8.62. The lowest BCUT2D eigenvalue weighted by atomic mass is 9.83. The molecule has 2 saturated carbocycles. The van der Waals surface area contributed by atoms with Gasteiger partial charge in [0, 0.05) is 35.4 Å². The minimum atomic E-state index is -2.63. The molecule has 52 heavy (non-hydrogen) atoms. The third-order valence-corrected chi connectivity index (χ3v) is 11.8. The molecule has 0 radical (unpaired) electrons. The molecule has 1 unspecified atom stereocenters. The monoisotopic (exact) mass is 716 g/mol. The van der Waals surface area contributed by atoms with Gasteiger partial charge < -0.3 is 24.8 Å². The first-order chi connectivity index (χ1) is 24.8. The van der Waals surface area contributed by atoms with Crippen LogP contribution in [0.1, 0.15) is 102 Å². The molecule has 1 aromatic carbocycles. The smallest absolute Gasteiger partial charge is 0.256 e. The summed E-state index contributed by atoms with van der Waals surface area (Å²) >= 11 is 0. The molecule has 3 fully saturated rings. The molecule has 2 aliphatic heterocycles. The first-order valence-corrected chi connectivity index (χ1v) is 18.5. The number of pyridine rings is 2. The van der Waals surface area contributed by atoms with Crippen molar-refractivity contribution in [3.8, 4) is 11.3 Å². The van der Waals surface area contributed by atoms with E-state index in [1.54, 1.807) is 19.4 Å². The maximum Gasteiger partial charge on any atom is 0.256 e. The van der Waals surface area contributed by atoms with E-state index in [-0.39, 0.29) is 42.1 Å². The Morgan fingerprint density at radius 3 is 2.40 bits per heavy atom. The molecule has 2 aliphatic carbocycles. The van der Waals surface area contributed by atoms with Crippen molar-refractivity contribution in [3.05, 3.63) is 59.4 Å². The van der Waals surface area contributed by atoms with Crippen molar-refractivity contribution < 1.29 is 23.1 Å². The van der Waals surface area contributed by atoms with E-state index in [1.165, 1.54) is 31.4 Å². The Bertz CT molecular complexity index is 2030. The Morgan fingerprint density at radius 1 is 1.00 bits per heavy atom. The highest BCUT2D eigenvalue weighted by Gasteiger charge is 2.53. The molecule has 276 valence electrons. The van der Waals surface area contributed by atoms with Gasteiger partial charge in [0.25, 0.3) is 6.43 Å². The van der Waals surface area contributed by atoms with Crippen molar-refractivity contribution in [2.75, 3.05) is 23.3 Å². The van der Waals surface area contributed by atoms with Gasteiger partial charge in [-0.15, -0.1) is 0 Å². The van der Waals surface area contributed by atoms with Gasteiger partial charge in [0.05, 0.1) is 45.6 Å². The van der Waals surface area contributed by atoms with Crippen LogP contribution in [-0.4, -0.2) is 72.6 Å². The summed E-state index contributed by atoms with van der Waals surface area (Å²) in [4.78, 5) is 33.0. The summed E-state index contributed by atoms with van der Waals surface area (Å²) in [5, 5.41) is 16.8. The lowest BCUT2D eigenvalue weighted by Crippen LogP contribution is -2.57. The molecule has 10 nitrogen and oxygen atoms in total. The Hall–Kier alpha value is -4.07. The fourth-order valence-corrected chi connectivity index (χ4v) is 8.29. The van der Waals surface area contributed by atoms with Gasteiger partial charge in [-0.3, -0.25) is 15.1 Å². The van der Waals surface area contributed by atoms with Crippen molar-refractivity contribution in [2.45, 2.75) is 121 Å². The Balaban J connectivity index is 1.15. The molecule has 5 heterocycles. The SMILES string of the molecule is Cc1cc(F)c(Nc2nc(-c3cnc4c(c3)N(C3CC(N5CCCCC5)C3)C(=O)C4(C)C)cc3ncn(C(C)C)c23)cc1C(O)NC1(C(F)F)CC1. The van der Waals surface area contributed by atoms with Crippen LogP contribution in [0.2, 0.25) is 0 Å². The second kappa shape index (κ2) is 12.8. The summed E-state index contributed by atoms with van der Waals surface area (Å²) in [6, 6.07) is 7.18. The molecule has 4 aliphatic rings. The number of alkyl halides is 2. The highest BCUT2D eigenvalue weighted by Crippen LogP contribution is 2.47. The number of aliphatic hydroxyl groups is 1. The number of halogens is 3. The highest BCUT2D eigenvalue weighted by molar-refractivity contribution is 6.08. The van der Waals surface area contributed by atoms with Crippen LogP contribution >= 0.6 is 0 Å². The standard InChI is InChI=1S/C39H47F3N8O2/c1-21(2)49-20-44-30-18-28(45-34(32(30)49)46-29-17-26(22(3)13-27(29)40)35(51)47-39(9-10-39)36(41)42)23-14-31-33(43-19-23)38(4,5)37(52)50(31)25-15-24(16-25)48-11-7-6-8-12-48/h13-14,17-21,24-25,35-36,47,51H,6-12,15-16H2,1-5H3,(H,45,46). The molecule has 8 rings (SSSR count). The third kappa shape index (κ3) is 5.85. The zero-order chi connectivity index (χ0) is 36.7. The van der Waals surface area contributed by atoms with Gasteiger partial charge in [0.2, 0.25) is 5.91 Å². The van der Waals surface area contributed by atoms with Crippen LogP contribution in [0.25, 0.3) is 22.3 Å². The van der Waals surface area contributed by atoms with E-state index >= 15 is 4.39 Å².